The number of carboxylic acids is 1. The molecule has 1 aliphatic heterocycles. The minimum absolute atomic E-state index is 0.0542. The number of aromatic carboxylic acids is 1. The summed E-state index contributed by atoms with van der Waals surface area (Å²) in [6, 6.07) is 1.14. The largest absolute Gasteiger partial charge is 0.477 e. The number of hydrogen-bond donors (Lipinski definition) is 2. The number of aromatic nitrogens is 1. The first-order valence-electron chi connectivity index (χ1n) is 5.90. The van der Waals surface area contributed by atoms with Crippen LogP contribution in [0.25, 0.3) is 0 Å². The molecule has 106 valence electrons. The highest BCUT2D eigenvalue weighted by Crippen LogP contribution is 2.22. The van der Waals surface area contributed by atoms with Gasteiger partial charge in [-0.15, -0.1) is 0 Å². The molecule has 2 N–H and O–H groups in total. The molecule has 0 aromatic carbocycles. The Bertz CT molecular complexity index is 592. The molecule has 1 saturated heterocycles. The third kappa shape index (κ3) is 2.65. The van der Waals surface area contributed by atoms with Gasteiger partial charge in [0, 0.05) is 26.3 Å². The molecular weight excluding hydrogens is 272 g/mol. The molecule has 1 fully saturated rings. The van der Waals surface area contributed by atoms with Crippen LogP contribution in [0.1, 0.15) is 23.3 Å². The van der Waals surface area contributed by atoms with Gasteiger partial charge in [0.1, 0.15) is 10.6 Å². The van der Waals surface area contributed by atoms with Crippen molar-refractivity contribution in [3.8, 4) is 0 Å². The van der Waals surface area contributed by atoms with E-state index in [1.165, 1.54) is 22.1 Å². The summed E-state index contributed by atoms with van der Waals surface area (Å²) in [6.45, 7) is 0.399. The fourth-order valence-electron chi connectivity index (χ4n) is 2.18. The van der Waals surface area contributed by atoms with E-state index in [0.717, 1.165) is 6.07 Å². The fourth-order valence-corrected chi connectivity index (χ4v) is 3.76. The molecule has 0 bridgehead atoms. The first-order chi connectivity index (χ1) is 8.82. The highest BCUT2D eigenvalue weighted by molar-refractivity contribution is 7.89. The van der Waals surface area contributed by atoms with Crippen LogP contribution in [0.3, 0.4) is 0 Å². The average molecular weight is 288 g/mol. The lowest BCUT2D eigenvalue weighted by Crippen LogP contribution is -2.41. The number of hydrogen-bond acceptors (Lipinski definition) is 4. The van der Waals surface area contributed by atoms with Gasteiger partial charge in [-0.25, -0.2) is 13.2 Å². The van der Waals surface area contributed by atoms with Gasteiger partial charge in [-0.2, -0.15) is 4.31 Å². The second kappa shape index (κ2) is 4.95. The van der Waals surface area contributed by atoms with Gasteiger partial charge in [-0.3, -0.25) is 0 Å². The Morgan fingerprint density at radius 2 is 2.16 bits per heavy atom. The molecule has 1 aromatic heterocycles. The van der Waals surface area contributed by atoms with Crippen LogP contribution in [-0.2, 0) is 17.1 Å². The minimum atomic E-state index is -3.74. The van der Waals surface area contributed by atoms with E-state index in [0.29, 0.717) is 19.4 Å². The van der Waals surface area contributed by atoms with E-state index in [1.807, 2.05) is 0 Å². The Morgan fingerprint density at radius 1 is 1.47 bits per heavy atom. The van der Waals surface area contributed by atoms with Crippen molar-refractivity contribution in [2.24, 2.45) is 7.05 Å². The van der Waals surface area contributed by atoms with Gasteiger partial charge in [0.15, 0.2) is 0 Å². The Morgan fingerprint density at radius 3 is 2.68 bits per heavy atom. The van der Waals surface area contributed by atoms with Gasteiger partial charge in [-0.05, 0) is 18.9 Å². The van der Waals surface area contributed by atoms with Crippen molar-refractivity contribution in [2.75, 3.05) is 13.1 Å². The Balaban J connectivity index is 2.34. The van der Waals surface area contributed by atoms with Crippen LogP contribution in [0, 0.1) is 0 Å². The van der Waals surface area contributed by atoms with Crippen molar-refractivity contribution in [3.05, 3.63) is 18.0 Å². The zero-order valence-electron chi connectivity index (χ0n) is 10.5. The quantitative estimate of drug-likeness (QED) is 0.807. The number of nitrogens with zero attached hydrogens (tertiary/aromatic N) is 2. The van der Waals surface area contributed by atoms with E-state index < -0.39 is 22.1 Å². The molecule has 0 saturated carbocycles. The molecule has 8 heteroatoms. The predicted molar refractivity (Wildman–Crippen MR) is 66.4 cm³/mol. The third-order valence-corrected chi connectivity index (χ3v) is 5.03. The maximum Gasteiger partial charge on any atom is 0.352 e. The zero-order valence-corrected chi connectivity index (χ0v) is 11.3. The van der Waals surface area contributed by atoms with Crippen molar-refractivity contribution in [1.29, 1.82) is 0 Å². The maximum atomic E-state index is 12.3. The lowest BCUT2D eigenvalue weighted by atomic mass is 10.1. The molecule has 0 aliphatic carbocycles. The molecule has 1 atom stereocenters. The first kappa shape index (κ1) is 14.0. The van der Waals surface area contributed by atoms with Gasteiger partial charge >= 0.3 is 5.97 Å². The van der Waals surface area contributed by atoms with Gasteiger partial charge < -0.3 is 14.8 Å². The topological polar surface area (TPSA) is 99.8 Å². The number of aliphatic hydroxyl groups excluding tert-OH is 1. The number of rotatable bonds is 3. The van der Waals surface area contributed by atoms with Crippen LogP contribution >= 0.6 is 0 Å². The molecule has 2 heterocycles. The van der Waals surface area contributed by atoms with Crippen molar-refractivity contribution < 1.29 is 23.4 Å². The van der Waals surface area contributed by atoms with Gasteiger partial charge in [0.25, 0.3) is 0 Å². The second-order valence-corrected chi connectivity index (χ2v) is 6.57. The third-order valence-electron chi connectivity index (χ3n) is 3.20. The number of sulfonamides is 1. The molecular formula is C11H16N2O5S. The summed E-state index contributed by atoms with van der Waals surface area (Å²) in [7, 11) is -2.26. The smallest absolute Gasteiger partial charge is 0.352 e. The van der Waals surface area contributed by atoms with Crippen LogP contribution in [0.5, 0.6) is 0 Å². The molecule has 0 radical (unpaired) electrons. The minimum Gasteiger partial charge on any atom is -0.477 e. The molecule has 19 heavy (non-hydrogen) atoms. The fraction of sp³-hybridized carbons (Fsp3) is 0.545. The summed E-state index contributed by atoms with van der Waals surface area (Å²) < 4.78 is 27.1. The van der Waals surface area contributed by atoms with Crippen molar-refractivity contribution in [2.45, 2.75) is 23.8 Å². The number of aliphatic hydroxyl groups is 1. The predicted octanol–water partition coefficient (Wildman–Crippen LogP) is -0.131. The van der Waals surface area contributed by atoms with Gasteiger partial charge in [-0.1, -0.05) is 0 Å². The Kier molecular flexibility index (Phi) is 3.66. The van der Waals surface area contributed by atoms with E-state index in [9.17, 15) is 18.3 Å². The van der Waals surface area contributed by atoms with Crippen LogP contribution < -0.4 is 0 Å². The molecule has 1 aromatic rings. The number of carboxylic acid groups (broad SMARTS) is 1. The normalized spacial score (nSPS) is 21.5. The van der Waals surface area contributed by atoms with Crippen molar-refractivity contribution in [3.63, 3.8) is 0 Å². The molecule has 0 unspecified atom stereocenters. The summed E-state index contributed by atoms with van der Waals surface area (Å²) >= 11 is 0. The van der Waals surface area contributed by atoms with Crippen LogP contribution in [-0.4, -0.2) is 52.7 Å². The molecule has 1 aliphatic rings. The first-order valence-corrected chi connectivity index (χ1v) is 7.34. The van der Waals surface area contributed by atoms with Gasteiger partial charge in [0.05, 0.1) is 6.10 Å². The van der Waals surface area contributed by atoms with E-state index in [4.69, 9.17) is 5.11 Å². The number of β-amino-alcohol motifs (C(OH)–C–C–N with tert-alkyl or cyclic N) is 1. The summed E-state index contributed by atoms with van der Waals surface area (Å²) in [5.74, 6) is -1.18. The Hall–Kier alpha value is -1.38. The number of aryl methyl sites for hydroxylation is 1. The van der Waals surface area contributed by atoms with E-state index in [2.05, 4.69) is 0 Å². The van der Waals surface area contributed by atoms with Crippen molar-refractivity contribution in [1.82, 2.24) is 8.87 Å². The molecule has 7 nitrogen and oxygen atoms in total. The molecule has 2 rings (SSSR count). The summed E-state index contributed by atoms with van der Waals surface area (Å²) in [4.78, 5) is 10.9. The Labute approximate surface area is 111 Å². The SMILES string of the molecule is Cn1cc(S(=O)(=O)N2CCC[C@H](O)C2)cc1C(=O)O. The number of piperidine rings is 1. The molecule has 0 spiro atoms. The zero-order chi connectivity index (χ0) is 14.2. The highest BCUT2D eigenvalue weighted by atomic mass is 32.2. The number of carbonyl (C=O) groups is 1. The van der Waals surface area contributed by atoms with Crippen molar-refractivity contribution >= 4 is 16.0 Å². The maximum absolute atomic E-state index is 12.3. The van der Waals surface area contributed by atoms with E-state index in [1.54, 1.807) is 0 Å². The summed E-state index contributed by atoms with van der Waals surface area (Å²) in [5.41, 5.74) is -0.0869. The monoisotopic (exact) mass is 288 g/mol. The van der Waals surface area contributed by atoms with Crippen LogP contribution in [0.4, 0.5) is 0 Å². The standard InChI is InChI=1S/C11H16N2O5S/c1-12-7-9(5-10(12)11(15)16)19(17,18)13-4-2-3-8(14)6-13/h5,7-8,14H,2-4,6H2,1H3,(H,15,16)/t8-/m0/s1. The van der Waals surface area contributed by atoms with E-state index in [-0.39, 0.29) is 17.1 Å². The summed E-state index contributed by atoms with van der Waals surface area (Å²) in [5, 5.41) is 18.5. The van der Waals surface area contributed by atoms with Crippen LogP contribution in [0.2, 0.25) is 0 Å². The lowest BCUT2D eigenvalue weighted by Gasteiger charge is -2.28. The van der Waals surface area contributed by atoms with E-state index >= 15 is 0 Å². The average Bonchev–Trinajstić information content (AvgIpc) is 2.72. The highest BCUT2D eigenvalue weighted by Gasteiger charge is 2.31. The van der Waals surface area contributed by atoms with Gasteiger partial charge in [0.2, 0.25) is 10.0 Å². The molecule has 0 amide bonds. The lowest BCUT2D eigenvalue weighted by molar-refractivity contribution is 0.0686. The summed E-state index contributed by atoms with van der Waals surface area (Å²) in [6.07, 6.45) is 1.80. The van der Waals surface area contributed by atoms with Crippen LogP contribution in [0.15, 0.2) is 17.2 Å². The second-order valence-electron chi connectivity index (χ2n) is 4.64.